The molecular formula is C15H26. The molecular weight excluding hydrogens is 180 g/mol. The van der Waals surface area contributed by atoms with Gasteiger partial charge in [0.25, 0.3) is 0 Å². The minimum Gasteiger partial charge on any atom is -0.0807 e. The van der Waals surface area contributed by atoms with Crippen LogP contribution in [0, 0.1) is 0 Å². The Hall–Kier alpha value is -0.520. The lowest BCUT2D eigenvalue weighted by Crippen LogP contribution is -2.01. The molecule has 15 heavy (non-hydrogen) atoms. The molecule has 0 heterocycles. The fraction of sp³-hybridized carbons (Fsp3) is 0.733. The van der Waals surface area contributed by atoms with Gasteiger partial charge in [0.1, 0.15) is 0 Å². The van der Waals surface area contributed by atoms with Gasteiger partial charge in [0.15, 0.2) is 0 Å². The second-order valence-corrected chi connectivity index (χ2v) is 4.56. The molecule has 0 unspecified atom stereocenters. The molecule has 0 aliphatic heterocycles. The van der Waals surface area contributed by atoms with Gasteiger partial charge in [-0.25, -0.2) is 0 Å². The second kappa shape index (κ2) is 6.87. The Balaban J connectivity index is 2.74. The van der Waals surface area contributed by atoms with Crippen molar-refractivity contribution in [1.82, 2.24) is 0 Å². The Bertz CT molecular complexity index is 243. The molecule has 1 aliphatic carbocycles. The third-order valence-corrected chi connectivity index (χ3v) is 3.38. The van der Waals surface area contributed by atoms with Crippen LogP contribution in [0.3, 0.4) is 0 Å². The summed E-state index contributed by atoms with van der Waals surface area (Å²) in [6.07, 6.45) is 13.0. The van der Waals surface area contributed by atoms with Gasteiger partial charge >= 0.3 is 0 Å². The number of unbranched alkanes of at least 4 members (excludes halogenated alkanes) is 1. The zero-order valence-corrected chi connectivity index (χ0v) is 10.7. The molecule has 0 fully saturated rings. The van der Waals surface area contributed by atoms with Crippen LogP contribution in [-0.2, 0) is 0 Å². The lowest BCUT2D eigenvalue weighted by molar-refractivity contribution is 0.738. The highest BCUT2D eigenvalue weighted by Gasteiger charge is 2.13. The summed E-state index contributed by atoms with van der Waals surface area (Å²) < 4.78 is 0. The Labute approximate surface area is 95.5 Å². The Morgan fingerprint density at radius 1 is 1.07 bits per heavy atom. The minimum absolute atomic E-state index is 1.26. The molecule has 86 valence electrons. The predicted molar refractivity (Wildman–Crippen MR) is 69.1 cm³/mol. The van der Waals surface area contributed by atoms with Crippen LogP contribution in [0.1, 0.15) is 72.1 Å². The van der Waals surface area contributed by atoms with Gasteiger partial charge in [-0.3, -0.25) is 0 Å². The van der Waals surface area contributed by atoms with E-state index in [-0.39, 0.29) is 0 Å². The maximum atomic E-state index is 2.50. The summed E-state index contributed by atoms with van der Waals surface area (Å²) >= 11 is 0. The maximum absolute atomic E-state index is 2.50. The van der Waals surface area contributed by atoms with E-state index in [1.807, 2.05) is 0 Å². The van der Waals surface area contributed by atoms with Crippen LogP contribution in [0.15, 0.2) is 22.8 Å². The average molecular weight is 206 g/mol. The molecule has 0 spiro atoms. The summed E-state index contributed by atoms with van der Waals surface area (Å²) in [5.74, 6) is 0. The zero-order chi connectivity index (χ0) is 11.1. The van der Waals surface area contributed by atoms with Gasteiger partial charge < -0.3 is 0 Å². The molecule has 0 aromatic heterocycles. The lowest BCUT2D eigenvalue weighted by Gasteiger charge is -2.21. The number of allylic oxidation sites excluding steroid dienone is 4. The molecule has 0 saturated heterocycles. The van der Waals surface area contributed by atoms with E-state index in [1.165, 1.54) is 51.4 Å². The summed E-state index contributed by atoms with van der Waals surface area (Å²) in [4.78, 5) is 0. The summed E-state index contributed by atoms with van der Waals surface area (Å²) in [5, 5.41) is 0. The summed E-state index contributed by atoms with van der Waals surface area (Å²) in [7, 11) is 0. The van der Waals surface area contributed by atoms with E-state index in [0.29, 0.717) is 0 Å². The molecule has 0 saturated carbocycles. The Morgan fingerprint density at radius 3 is 2.47 bits per heavy atom. The average Bonchev–Trinajstić information content (AvgIpc) is 2.28. The predicted octanol–water partition coefficient (Wildman–Crippen LogP) is 5.40. The van der Waals surface area contributed by atoms with Gasteiger partial charge in [-0.15, -0.1) is 0 Å². The van der Waals surface area contributed by atoms with E-state index >= 15 is 0 Å². The van der Waals surface area contributed by atoms with Crippen LogP contribution in [0.25, 0.3) is 0 Å². The van der Waals surface area contributed by atoms with Crippen molar-refractivity contribution in [1.29, 1.82) is 0 Å². The van der Waals surface area contributed by atoms with Crippen LogP contribution >= 0.6 is 0 Å². The minimum atomic E-state index is 1.26. The van der Waals surface area contributed by atoms with E-state index in [0.717, 1.165) is 0 Å². The Morgan fingerprint density at radius 2 is 1.87 bits per heavy atom. The van der Waals surface area contributed by atoms with E-state index in [2.05, 4.69) is 26.8 Å². The maximum Gasteiger partial charge on any atom is -0.0279 e. The molecule has 1 aliphatic rings. The Kier molecular flexibility index (Phi) is 5.75. The van der Waals surface area contributed by atoms with Gasteiger partial charge in [0, 0.05) is 0 Å². The van der Waals surface area contributed by atoms with Crippen molar-refractivity contribution in [3.05, 3.63) is 22.8 Å². The molecule has 1 rings (SSSR count). The standard InChI is InChI=1S/C15H26/c1-4-7-10-14-12-8-11-13(6-3)15(14)9-5-2/h12H,4-11H2,1-3H3. The van der Waals surface area contributed by atoms with Crippen molar-refractivity contribution in [3.63, 3.8) is 0 Å². The summed E-state index contributed by atoms with van der Waals surface area (Å²) in [6, 6.07) is 0. The second-order valence-electron chi connectivity index (χ2n) is 4.56. The third-order valence-electron chi connectivity index (χ3n) is 3.38. The van der Waals surface area contributed by atoms with E-state index < -0.39 is 0 Å². The molecule has 0 amide bonds. The van der Waals surface area contributed by atoms with Gasteiger partial charge in [0.2, 0.25) is 0 Å². The highest BCUT2D eigenvalue weighted by Crippen LogP contribution is 2.33. The van der Waals surface area contributed by atoms with Crippen molar-refractivity contribution in [3.8, 4) is 0 Å². The quantitative estimate of drug-likeness (QED) is 0.545. The highest BCUT2D eigenvalue weighted by atomic mass is 14.2. The van der Waals surface area contributed by atoms with Gasteiger partial charge in [-0.05, 0) is 49.7 Å². The molecule has 0 heteroatoms. The molecule has 0 bridgehead atoms. The fourth-order valence-corrected chi connectivity index (χ4v) is 2.52. The zero-order valence-electron chi connectivity index (χ0n) is 10.7. The number of rotatable bonds is 6. The first-order chi connectivity index (χ1) is 7.33. The van der Waals surface area contributed by atoms with Crippen molar-refractivity contribution < 1.29 is 0 Å². The normalized spacial score (nSPS) is 16.9. The van der Waals surface area contributed by atoms with Crippen LogP contribution in [-0.4, -0.2) is 0 Å². The van der Waals surface area contributed by atoms with E-state index in [9.17, 15) is 0 Å². The van der Waals surface area contributed by atoms with Crippen molar-refractivity contribution in [2.45, 2.75) is 72.1 Å². The first-order valence-electron chi connectivity index (χ1n) is 6.73. The molecule has 0 aromatic rings. The van der Waals surface area contributed by atoms with Gasteiger partial charge in [-0.1, -0.05) is 45.3 Å². The summed E-state index contributed by atoms with van der Waals surface area (Å²) in [5.41, 5.74) is 5.15. The molecule has 0 nitrogen and oxygen atoms in total. The highest BCUT2D eigenvalue weighted by molar-refractivity contribution is 5.38. The number of hydrogen-bond donors (Lipinski definition) is 0. The van der Waals surface area contributed by atoms with Crippen molar-refractivity contribution >= 4 is 0 Å². The lowest BCUT2D eigenvalue weighted by atomic mass is 9.85. The van der Waals surface area contributed by atoms with Crippen LogP contribution in [0.5, 0.6) is 0 Å². The first-order valence-corrected chi connectivity index (χ1v) is 6.73. The largest absolute Gasteiger partial charge is 0.0807 e. The van der Waals surface area contributed by atoms with E-state index in [4.69, 9.17) is 0 Å². The monoisotopic (exact) mass is 206 g/mol. The molecule has 0 atom stereocenters. The molecule has 0 radical (unpaired) electrons. The topological polar surface area (TPSA) is 0 Å². The SMILES string of the molecule is CCCCC1=CCCC(CC)=C1CCC. The van der Waals surface area contributed by atoms with Crippen LogP contribution < -0.4 is 0 Å². The summed E-state index contributed by atoms with van der Waals surface area (Å²) in [6.45, 7) is 6.90. The van der Waals surface area contributed by atoms with E-state index in [1.54, 1.807) is 16.7 Å². The van der Waals surface area contributed by atoms with Crippen LogP contribution in [0.4, 0.5) is 0 Å². The third kappa shape index (κ3) is 3.52. The fourth-order valence-electron chi connectivity index (χ4n) is 2.52. The molecule has 0 N–H and O–H groups in total. The van der Waals surface area contributed by atoms with Crippen molar-refractivity contribution in [2.24, 2.45) is 0 Å². The van der Waals surface area contributed by atoms with Gasteiger partial charge in [-0.2, -0.15) is 0 Å². The first kappa shape index (κ1) is 12.5. The van der Waals surface area contributed by atoms with Gasteiger partial charge in [0.05, 0.1) is 0 Å². The molecule has 0 aromatic carbocycles. The smallest absolute Gasteiger partial charge is 0.0279 e. The van der Waals surface area contributed by atoms with Crippen molar-refractivity contribution in [2.75, 3.05) is 0 Å². The number of hydrogen-bond acceptors (Lipinski definition) is 0. The van der Waals surface area contributed by atoms with Crippen LogP contribution in [0.2, 0.25) is 0 Å².